The third kappa shape index (κ3) is 6.24. The third-order valence-corrected chi connectivity index (χ3v) is 8.05. The van der Waals surface area contributed by atoms with Crippen LogP contribution in [0.4, 0.5) is 0 Å². The zero-order valence-electron chi connectivity index (χ0n) is 21.6. The molecule has 0 spiro atoms. The number of rotatable bonds is 9. The summed E-state index contributed by atoms with van der Waals surface area (Å²) in [6.07, 6.45) is 9.41. The Balaban J connectivity index is 1.93. The Morgan fingerprint density at radius 1 is 0.971 bits per heavy atom. The number of carbonyl (C=O) groups is 1. The summed E-state index contributed by atoms with van der Waals surface area (Å²) >= 11 is 2.25. The predicted octanol–water partition coefficient (Wildman–Crippen LogP) is 8.47. The molecule has 1 aliphatic rings. The van der Waals surface area contributed by atoms with Crippen LogP contribution < -0.4 is 4.74 Å². The van der Waals surface area contributed by atoms with Crippen LogP contribution >= 0.6 is 22.6 Å². The molecule has 0 radical (unpaired) electrons. The first kappa shape index (κ1) is 26.8. The molecule has 0 aromatic heterocycles. The van der Waals surface area contributed by atoms with Crippen molar-refractivity contribution in [2.24, 2.45) is 0 Å². The van der Waals surface area contributed by atoms with Crippen LogP contribution in [0.15, 0.2) is 42.5 Å². The first-order valence-electron chi connectivity index (χ1n) is 12.4. The zero-order valence-corrected chi connectivity index (χ0v) is 23.8. The Morgan fingerprint density at radius 3 is 2.32 bits per heavy atom. The van der Waals surface area contributed by atoms with Gasteiger partial charge < -0.3 is 9.47 Å². The molecule has 3 nitrogen and oxygen atoms in total. The molecule has 4 heteroatoms. The Bertz CT molecular complexity index is 1050. The molecular weight excluding hydrogens is 535 g/mol. The molecule has 0 unspecified atom stereocenters. The number of hydrogen-bond acceptors (Lipinski definition) is 3. The summed E-state index contributed by atoms with van der Waals surface area (Å²) in [5.74, 6) is 0.360. The van der Waals surface area contributed by atoms with E-state index in [-0.39, 0.29) is 16.8 Å². The molecule has 0 saturated carbocycles. The van der Waals surface area contributed by atoms with E-state index in [1.165, 1.54) is 61.5 Å². The monoisotopic (exact) mass is 574 g/mol. The molecule has 0 saturated heterocycles. The first-order valence-corrected chi connectivity index (χ1v) is 13.5. The Morgan fingerprint density at radius 2 is 1.65 bits per heavy atom. The van der Waals surface area contributed by atoms with Gasteiger partial charge in [0.2, 0.25) is 0 Å². The van der Waals surface area contributed by atoms with E-state index in [1.807, 2.05) is 6.07 Å². The van der Waals surface area contributed by atoms with Gasteiger partial charge in [0.25, 0.3) is 0 Å². The van der Waals surface area contributed by atoms with Crippen molar-refractivity contribution in [3.63, 3.8) is 0 Å². The predicted molar refractivity (Wildman–Crippen MR) is 150 cm³/mol. The minimum atomic E-state index is -0.351. The summed E-state index contributed by atoms with van der Waals surface area (Å²) in [6.45, 7) is 12.2. The molecule has 0 fully saturated rings. The third-order valence-electron chi connectivity index (χ3n) is 7.16. The minimum absolute atomic E-state index is 0.166. The molecule has 2 aromatic carbocycles. The maximum absolute atomic E-state index is 12.0. The van der Waals surface area contributed by atoms with Gasteiger partial charge in [-0.3, -0.25) is 0 Å². The molecular formula is C30H39IO3. The van der Waals surface area contributed by atoms with Crippen molar-refractivity contribution in [3.05, 3.63) is 68.3 Å². The van der Waals surface area contributed by atoms with Crippen LogP contribution in [0.25, 0.3) is 5.57 Å². The number of fused-ring (bicyclic) bond motifs is 1. The summed E-state index contributed by atoms with van der Waals surface area (Å²) in [5.41, 5.74) is 6.25. The van der Waals surface area contributed by atoms with Crippen molar-refractivity contribution in [3.8, 4) is 5.75 Å². The first-order chi connectivity index (χ1) is 16.1. The number of hydrogen-bond donors (Lipinski definition) is 0. The van der Waals surface area contributed by atoms with E-state index >= 15 is 0 Å². The largest absolute Gasteiger partial charge is 0.488 e. The fourth-order valence-electron chi connectivity index (χ4n) is 4.73. The van der Waals surface area contributed by atoms with Crippen molar-refractivity contribution in [2.45, 2.75) is 84.0 Å². The Kier molecular flexibility index (Phi) is 8.88. The number of allylic oxidation sites excluding steroid dienone is 1. The van der Waals surface area contributed by atoms with Gasteiger partial charge in [-0.05, 0) is 99.6 Å². The topological polar surface area (TPSA) is 35.5 Å². The second-order valence-electron chi connectivity index (χ2n) is 10.7. The van der Waals surface area contributed by atoms with Crippen molar-refractivity contribution in [1.29, 1.82) is 0 Å². The Hall–Kier alpha value is -1.82. The number of esters is 1. The van der Waals surface area contributed by atoms with Gasteiger partial charge in [-0.1, -0.05) is 71.7 Å². The summed E-state index contributed by atoms with van der Waals surface area (Å²) in [5, 5.41) is 0. The summed E-state index contributed by atoms with van der Waals surface area (Å²) < 4.78 is 12.2. The second-order valence-corrected chi connectivity index (χ2v) is 11.8. The van der Waals surface area contributed by atoms with Crippen LogP contribution in [-0.4, -0.2) is 19.7 Å². The minimum Gasteiger partial charge on any atom is -0.488 e. The van der Waals surface area contributed by atoms with Crippen LogP contribution in [0.2, 0.25) is 0 Å². The molecule has 0 amide bonds. The molecule has 0 aliphatic heterocycles. The van der Waals surface area contributed by atoms with Gasteiger partial charge in [-0.15, -0.1) is 0 Å². The van der Waals surface area contributed by atoms with Crippen LogP contribution in [0.3, 0.4) is 0 Å². The molecule has 0 atom stereocenters. The van der Waals surface area contributed by atoms with E-state index in [1.54, 1.807) is 12.1 Å². The highest BCUT2D eigenvalue weighted by atomic mass is 127. The molecule has 0 bridgehead atoms. The van der Waals surface area contributed by atoms with Gasteiger partial charge in [0.05, 0.1) is 16.2 Å². The standard InChI is InChI=1S/C30H39IO3/c1-7-8-9-10-11-23(20-34-27-19-22(28(32)33-6)13-15-26(27)31)21-12-14-24-25(18-21)30(4,5)17-16-29(24,2)3/h11-15,18-19H,7-10,16-17,20H2,1-6H3. The van der Waals surface area contributed by atoms with Gasteiger partial charge in [-0.25, -0.2) is 4.79 Å². The number of benzene rings is 2. The van der Waals surface area contributed by atoms with Crippen LogP contribution in [0.5, 0.6) is 5.75 Å². The zero-order chi connectivity index (χ0) is 24.9. The molecule has 184 valence electrons. The average Bonchev–Trinajstić information content (AvgIpc) is 2.82. The van der Waals surface area contributed by atoms with E-state index in [4.69, 9.17) is 9.47 Å². The van der Waals surface area contributed by atoms with Gasteiger partial charge in [0, 0.05) is 0 Å². The van der Waals surface area contributed by atoms with E-state index in [0.717, 1.165) is 9.99 Å². The van der Waals surface area contributed by atoms with Crippen LogP contribution in [0.1, 0.15) is 100 Å². The second kappa shape index (κ2) is 11.3. The Labute approximate surface area is 219 Å². The molecule has 0 N–H and O–H groups in total. The van der Waals surface area contributed by atoms with Gasteiger partial charge in [0.15, 0.2) is 0 Å². The fourth-order valence-corrected chi connectivity index (χ4v) is 5.22. The maximum atomic E-state index is 12.0. The lowest BCUT2D eigenvalue weighted by atomic mass is 9.63. The lowest BCUT2D eigenvalue weighted by Crippen LogP contribution is -2.33. The fraction of sp³-hybridized carbons (Fsp3) is 0.500. The van der Waals surface area contributed by atoms with E-state index in [9.17, 15) is 4.79 Å². The van der Waals surface area contributed by atoms with E-state index in [2.05, 4.69) is 81.5 Å². The summed E-state index contributed by atoms with van der Waals surface area (Å²) in [6, 6.07) is 12.5. The smallest absolute Gasteiger partial charge is 0.337 e. The molecule has 3 rings (SSSR count). The maximum Gasteiger partial charge on any atom is 0.337 e. The number of halogens is 1. The normalized spacial score (nSPS) is 16.6. The number of ether oxygens (including phenoxy) is 2. The lowest BCUT2D eigenvalue weighted by Gasteiger charge is -2.42. The highest BCUT2D eigenvalue weighted by molar-refractivity contribution is 14.1. The van der Waals surface area contributed by atoms with Crippen molar-refractivity contribution in [1.82, 2.24) is 0 Å². The highest BCUT2D eigenvalue weighted by Crippen LogP contribution is 2.46. The van der Waals surface area contributed by atoms with Crippen molar-refractivity contribution >= 4 is 34.1 Å². The SMILES string of the molecule is CCCCCC=C(COc1cc(C(=O)OC)ccc1I)c1ccc2c(c1)C(C)(C)CCC2(C)C. The molecule has 2 aromatic rings. The van der Waals surface area contributed by atoms with Crippen LogP contribution in [0, 0.1) is 3.57 Å². The lowest BCUT2D eigenvalue weighted by molar-refractivity contribution is 0.0600. The summed E-state index contributed by atoms with van der Waals surface area (Å²) in [4.78, 5) is 12.0. The van der Waals surface area contributed by atoms with Gasteiger partial charge in [0.1, 0.15) is 12.4 Å². The summed E-state index contributed by atoms with van der Waals surface area (Å²) in [7, 11) is 1.40. The molecule has 34 heavy (non-hydrogen) atoms. The number of unbranched alkanes of at least 4 members (excludes halogenated alkanes) is 3. The molecule has 1 aliphatic carbocycles. The average molecular weight is 575 g/mol. The van der Waals surface area contributed by atoms with Crippen molar-refractivity contribution in [2.75, 3.05) is 13.7 Å². The number of methoxy groups -OCH3 is 1. The quantitative estimate of drug-likeness (QED) is 0.171. The van der Waals surface area contributed by atoms with Crippen LogP contribution in [-0.2, 0) is 15.6 Å². The molecule has 0 heterocycles. The van der Waals surface area contributed by atoms with Gasteiger partial charge >= 0.3 is 5.97 Å². The highest BCUT2D eigenvalue weighted by Gasteiger charge is 2.37. The van der Waals surface area contributed by atoms with Crippen molar-refractivity contribution < 1.29 is 14.3 Å². The van der Waals surface area contributed by atoms with Gasteiger partial charge in [-0.2, -0.15) is 0 Å². The number of carbonyl (C=O) groups excluding carboxylic acids is 1. The van der Waals surface area contributed by atoms with E-state index in [0.29, 0.717) is 17.9 Å². The van der Waals surface area contributed by atoms with E-state index < -0.39 is 0 Å².